The van der Waals surface area contributed by atoms with Gasteiger partial charge in [-0.15, -0.1) is 0 Å². The molecule has 4 heteroatoms. The molecule has 1 rings (SSSR count). The average Bonchev–Trinajstić information content (AvgIpc) is 2.64. The first kappa shape index (κ1) is 10.7. The summed E-state index contributed by atoms with van der Waals surface area (Å²) in [6.45, 7) is 4.77. The molecule has 1 aliphatic rings. The highest BCUT2D eigenvalue weighted by Gasteiger charge is 2.09. The average molecular weight is 201 g/mol. The summed E-state index contributed by atoms with van der Waals surface area (Å²) in [5.74, 6) is 0. The van der Waals surface area contributed by atoms with Crippen molar-refractivity contribution in [2.45, 2.75) is 19.3 Å². The molecule has 1 saturated heterocycles. The van der Waals surface area contributed by atoms with E-state index in [-0.39, 0.29) is 0 Å². The predicted octanol–water partition coefficient (Wildman–Crippen LogP) is 0.566. The maximum Gasteiger partial charge on any atom is 0.166 e. The zero-order valence-electron chi connectivity index (χ0n) is 8.31. The summed E-state index contributed by atoms with van der Waals surface area (Å²) in [5.41, 5.74) is 0. The minimum Gasteiger partial charge on any atom is -0.366 e. The SMILES string of the molecule is CNC(=S)NCCCN1CCCC1. The van der Waals surface area contributed by atoms with Gasteiger partial charge in [0.1, 0.15) is 0 Å². The number of hydrogen-bond donors (Lipinski definition) is 2. The van der Waals surface area contributed by atoms with E-state index in [1.54, 1.807) is 0 Å². The molecule has 0 amide bonds. The van der Waals surface area contributed by atoms with Gasteiger partial charge in [-0.3, -0.25) is 0 Å². The molecule has 0 atom stereocenters. The normalized spacial score (nSPS) is 17.3. The first-order chi connectivity index (χ1) is 6.33. The van der Waals surface area contributed by atoms with E-state index in [0.29, 0.717) is 0 Å². The minimum atomic E-state index is 0.751. The van der Waals surface area contributed by atoms with Gasteiger partial charge in [0, 0.05) is 13.6 Å². The number of nitrogens with one attached hydrogen (secondary N) is 2. The van der Waals surface area contributed by atoms with Crippen LogP contribution in [-0.2, 0) is 0 Å². The van der Waals surface area contributed by atoms with Crippen LogP contribution >= 0.6 is 12.2 Å². The van der Waals surface area contributed by atoms with E-state index in [1.165, 1.54) is 38.9 Å². The van der Waals surface area contributed by atoms with E-state index >= 15 is 0 Å². The topological polar surface area (TPSA) is 27.3 Å². The summed E-state index contributed by atoms with van der Waals surface area (Å²) in [7, 11) is 1.84. The van der Waals surface area contributed by atoms with Crippen LogP contribution in [0.2, 0.25) is 0 Å². The summed E-state index contributed by atoms with van der Waals surface area (Å²) in [6.07, 6.45) is 3.94. The first-order valence-corrected chi connectivity index (χ1v) is 5.41. The van der Waals surface area contributed by atoms with E-state index < -0.39 is 0 Å². The van der Waals surface area contributed by atoms with Gasteiger partial charge in [0.15, 0.2) is 5.11 Å². The van der Waals surface area contributed by atoms with Gasteiger partial charge < -0.3 is 15.5 Å². The summed E-state index contributed by atoms with van der Waals surface area (Å²) >= 11 is 4.97. The Hall–Kier alpha value is -0.350. The molecule has 0 aliphatic carbocycles. The number of rotatable bonds is 4. The van der Waals surface area contributed by atoms with Crippen molar-refractivity contribution in [2.75, 3.05) is 33.2 Å². The third-order valence-electron chi connectivity index (χ3n) is 2.36. The summed E-state index contributed by atoms with van der Waals surface area (Å²) in [6, 6.07) is 0. The number of likely N-dealkylation sites (tertiary alicyclic amines) is 1. The van der Waals surface area contributed by atoms with Gasteiger partial charge in [0.05, 0.1) is 0 Å². The van der Waals surface area contributed by atoms with E-state index in [9.17, 15) is 0 Å². The highest BCUT2D eigenvalue weighted by molar-refractivity contribution is 7.80. The zero-order valence-corrected chi connectivity index (χ0v) is 9.12. The maximum absolute atomic E-state index is 4.97. The molecule has 76 valence electrons. The Morgan fingerprint density at radius 1 is 1.38 bits per heavy atom. The molecule has 3 nitrogen and oxygen atoms in total. The van der Waals surface area contributed by atoms with E-state index in [1.807, 2.05) is 7.05 Å². The lowest BCUT2D eigenvalue weighted by Gasteiger charge is -2.14. The predicted molar refractivity (Wildman–Crippen MR) is 60.0 cm³/mol. The molecule has 13 heavy (non-hydrogen) atoms. The smallest absolute Gasteiger partial charge is 0.166 e. The molecule has 0 saturated carbocycles. The molecule has 0 aromatic heterocycles. The second-order valence-corrected chi connectivity index (χ2v) is 3.82. The number of thiocarbonyl (C=S) groups is 1. The van der Waals surface area contributed by atoms with Crippen molar-refractivity contribution < 1.29 is 0 Å². The lowest BCUT2D eigenvalue weighted by molar-refractivity contribution is 0.334. The molecular weight excluding hydrogens is 182 g/mol. The summed E-state index contributed by atoms with van der Waals surface area (Å²) in [5, 5.41) is 6.80. The molecule has 1 fully saturated rings. The quantitative estimate of drug-likeness (QED) is 0.513. The molecule has 1 aliphatic heterocycles. The van der Waals surface area contributed by atoms with Crippen LogP contribution in [0.1, 0.15) is 19.3 Å². The van der Waals surface area contributed by atoms with E-state index in [4.69, 9.17) is 12.2 Å². The van der Waals surface area contributed by atoms with Crippen molar-refractivity contribution in [3.63, 3.8) is 0 Å². The van der Waals surface area contributed by atoms with Gasteiger partial charge >= 0.3 is 0 Å². The van der Waals surface area contributed by atoms with Crippen molar-refractivity contribution in [1.29, 1.82) is 0 Å². The Labute approximate surface area is 85.9 Å². The van der Waals surface area contributed by atoms with Crippen LogP contribution in [0.25, 0.3) is 0 Å². The van der Waals surface area contributed by atoms with Crippen LogP contribution in [0, 0.1) is 0 Å². The number of nitrogens with zero attached hydrogens (tertiary/aromatic N) is 1. The number of hydrogen-bond acceptors (Lipinski definition) is 2. The van der Waals surface area contributed by atoms with Crippen molar-refractivity contribution in [1.82, 2.24) is 15.5 Å². The maximum atomic E-state index is 4.97. The second kappa shape index (κ2) is 6.16. The Morgan fingerprint density at radius 3 is 2.69 bits per heavy atom. The highest BCUT2D eigenvalue weighted by Crippen LogP contribution is 2.06. The molecule has 2 N–H and O–H groups in total. The highest BCUT2D eigenvalue weighted by atomic mass is 32.1. The van der Waals surface area contributed by atoms with Gasteiger partial charge in [-0.1, -0.05) is 0 Å². The van der Waals surface area contributed by atoms with Gasteiger partial charge in [0.2, 0.25) is 0 Å². The largest absolute Gasteiger partial charge is 0.366 e. The van der Waals surface area contributed by atoms with Crippen LogP contribution in [-0.4, -0.2) is 43.2 Å². The molecule has 0 unspecified atom stereocenters. The summed E-state index contributed by atoms with van der Waals surface area (Å²) < 4.78 is 0. The van der Waals surface area contributed by atoms with Crippen LogP contribution in [0.5, 0.6) is 0 Å². The second-order valence-electron chi connectivity index (χ2n) is 3.41. The van der Waals surface area contributed by atoms with Crippen LogP contribution in [0.15, 0.2) is 0 Å². The molecule has 0 spiro atoms. The Bertz CT molecular complexity index is 155. The van der Waals surface area contributed by atoms with Gasteiger partial charge in [0.25, 0.3) is 0 Å². The van der Waals surface area contributed by atoms with Crippen molar-refractivity contribution >= 4 is 17.3 Å². The fraction of sp³-hybridized carbons (Fsp3) is 0.889. The molecule has 1 heterocycles. The summed E-state index contributed by atoms with van der Waals surface area (Å²) in [4.78, 5) is 2.52. The van der Waals surface area contributed by atoms with E-state index in [2.05, 4.69) is 15.5 Å². The molecule has 0 aromatic rings. The molecule has 0 bridgehead atoms. The minimum absolute atomic E-state index is 0.751. The molecular formula is C9H19N3S. The third kappa shape index (κ3) is 4.43. The Balaban J connectivity index is 1.91. The third-order valence-corrected chi connectivity index (χ3v) is 2.71. The van der Waals surface area contributed by atoms with Crippen molar-refractivity contribution in [3.8, 4) is 0 Å². The lowest BCUT2D eigenvalue weighted by Crippen LogP contribution is -2.34. The van der Waals surface area contributed by atoms with Crippen LogP contribution < -0.4 is 10.6 Å². The first-order valence-electron chi connectivity index (χ1n) is 5.01. The standard InChI is InChI=1S/C9H19N3S/c1-10-9(13)11-5-4-8-12-6-2-3-7-12/h2-8H2,1H3,(H2,10,11,13). The van der Waals surface area contributed by atoms with Crippen LogP contribution in [0.4, 0.5) is 0 Å². The van der Waals surface area contributed by atoms with Gasteiger partial charge in [-0.25, -0.2) is 0 Å². The lowest BCUT2D eigenvalue weighted by atomic mass is 10.4. The van der Waals surface area contributed by atoms with Gasteiger partial charge in [-0.2, -0.15) is 0 Å². The van der Waals surface area contributed by atoms with Crippen LogP contribution in [0.3, 0.4) is 0 Å². The van der Waals surface area contributed by atoms with Gasteiger partial charge in [-0.05, 0) is 51.1 Å². The fourth-order valence-corrected chi connectivity index (χ4v) is 1.70. The van der Waals surface area contributed by atoms with Crippen molar-refractivity contribution in [3.05, 3.63) is 0 Å². The Kier molecular flexibility index (Phi) is 5.08. The fourth-order valence-electron chi connectivity index (χ4n) is 1.60. The van der Waals surface area contributed by atoms with Crippen molar-refractivity contribution in [2.24, 2.45) is 0 Å². The monoisotopic (exact) mass is 201 g/mol. The molecule has 0 radical (unpaired) electrons. The zero-order chi connectivity index (χ0) is 9.52. The van der Waals surface area contributed by atoms with E-state index in [0.717, 1.165) is 11.7 Å². The molecule has 0 aromatic carbocycles. The Morgan fingerprint density at radius 2 is 2.08 bits per heavy atom.